The molecule has 0 unspecified atom stereocenters. The molecular formula is C19H18ClNO2S. The SMILES string of the molecule is CCc1ccc(CNC(=O)c2sc3ccc(Cl)cc3c2OC)cc1. The highest BCUT2D eigenvalue weighted by Gasteiger charge is 2.19. The Bertz CT molecular complexity index is 871. The first kappa shape index (κ1) is 16.8. The quantitative estimate of drug-likeness (QED) is 0.691. The summed E-state index contributed by atoms with van der Waals surface area (Å²) in [5.41, 5.74) is 2.36. The van der Waals surface area contributed by atoms with E-state index in [2.05, 4.69) is 24.4 Å². The molecule has 0 aliphatic heterocycles. The molecule has 0 spiro atoms. The van der Waals surface area contributed by atoms with Gasteiger partial charge in [0.2, 0.25) is 0 Å². The maximum atomic E-state index is 12.6. The number of fused-ring (bicyclic) bond motifs is 1. The summed E-state index contributed by atoms with van der Waals surface area (Å²) in [6.07, 6.45) is 1.01. The molecular weight excluding hydrogens is 342 g/mol. The Labute approximate surface area is 150 Å². The number of halogens is 1. The topological polar surface area (TPSA) is 38.3 Å². The Morgan fingerprint density at radius 3 is 2.54 bits per heavy atom. The van der Waals surface area contributed by atoms with Crippen molar-refractivity contribution >= 4 is 38.9 Å². The Hall–Kier alpha value is -2.04. The van der Waals surface area contributed by atoms with Gasteiger partial charge in [0.05, 0.1) is 7.11 Å². The minimum atomic E-state index is -0.135. The summed E-state index contributed by atoms with van der Waals surface area (Å²) in [5, 5.41) is 4.46. The monoisotopic (exact) mass is 359 g/mol. The van der Waals surface area contributed by atoms with Crippen molar-refractivity contribution in [1.82, 2.24) is 5.32 Å². The van der Waals surface area contributed by atoms with Gasteiger partial charge in [-0.2, -0.15) is 0 Å². The first-order valence-electron chi connectivity index (χ1n) is 7.74. The minimum Gasteiger partial charge on any atom is -0.494 e. The van der Waals surface area contributed by atoms with E-state index >= 15 is 0 Å². The molecule has 0 fully saturated rings. The number of benzene rings is 2. The number of carbonyl (C=O) groups excluding carboxylic acids is 1. The van der Waals surface area contributed by atoms with Crippen molar-refractivity contribution in [3.63, 3.8) is 0 Å². The third kappa shape index (κ3) is 3.40. The summed E-state index contributed by atoms with van der Waals surface area (Å²) in [6.45, 7) is 2.61. The molecule has 24 heavy (non-hydrogen) atoms. The van der Waals surface area contributed by atoms with Gasteiger partial charge >= 0.3 is 0 Å². The van der Waals surface area contributed by atoms with Gasteiger partial charge in [-0.05, 0) is 35.7 Å². The van der Waals surface area contributed by atoms with Crippen LogP contribution in [0.1, 0.15) is 27.7 Å². The average molecular weight is 360 g/mol. The summed E-state index contributed by atoms with van der Waals surface area (Å²) >= 11 is 7.46. The number of ether oxygens (including phenoxy) is 1. The smallest absolute Gasteiger partial charge is 0.265 e. The summed E-state index contributed by atoms with van der Waals surface area (Å²) < 4.78 is 6.43. The number of hydrogen-bond acceptors (Lipinski definition) is 3. The van der Waals surface area contributed by atoms with E-state index < -0.39 is 0 Å². The van der Waals surface area contributed by atoms with E-state index in [0.717, 1.165) is 22.1 Å². The van der Waals surface area contributed by atoms with Crippen molar-refractivity contribution in [2.24, 2.45) is 0 Å². The molecule has 1 amide bonds. The van der Waals surface area contributed by atoms with Gasteiger partial charge in [-0.25, -0.2) is 0 Å². The number of methoxy groups -OCH3 is 1. The molecule has 1 heterocycles. The van der Waals surface area contributed by atoms with Crippen molar-refractivity contribution in [2.45, 2.75) is 19.9 Å². The van der Waals surface area contributed by atoms with Crippen LogP contribution in [0.2, 0.25) is 5.02 Å². The molecule has 1 N–H and O–H groups in total. The zero-order valence-corrected chi connectivity index (χ0v) is 15.1. The van der Waals surface area contributed by atoms with Gasteiger partial charge in [0.25, 0.3) is 5.91 Å². The van der Waals surface area contributed by atoms with Crippen molar-refractivity contribution in [2.75, 3.05) is 7.11 Å². The van der Waals surface area contributed by atoms with E-state index in [4.69, 9.17) is 16.3 Å². The molecule has 1 aromatic heterocycles. The lowest BCUT2D eigenvalue weighted by atomic mass is 10.1. The van der Waals surface area contributed by atoms with Crippen LogP contribution >= 0.6 is 22.9 Å². The Morgan fingerprint density at radius 2 is 1.88 bits per heavy atom. The van der Waals surface area contributed by atoms with E-state index in [9.17, 15) is 4.79 Å². The first-order chi connectivity index (χ1) is 11.6. The molecule has 3 rings (SSSR count). The summed E-state index contributed by atoms with van der Waals surface area (Å²) in [7, 11) is 1.57. The lowest BCUT2D eigenvalue weighted by Crippen LogP contribution is -2.22. The Balaban J connectivity index is 1.80. The molecule has 5 heteroatoms. The normalized spacial score (nSPS) is 10.8. The van der Waals surface area contributed by atoms with Crippen LogP contribution in [0, 0.1) is 0 Å². The predicted molar refractivity (Wildman–Crippen MR) is 100 cm³/mol. The van der Waals surface area contributed by atoms with Gasteiger partial charge in [-0.15, -0.1) is 11.3 Å². The second-order valence-electron chi connectivity index (χ2n) is 5.46. The average Bonchev–Trinajstić information content (AvgIpc) is 2.97. The maximum Gasteiger partial charge on any atom is 0.265 e. The van der Waals surface area contributed by atoms with E-state index in [-0.39, 0.29) is 5.91 Å². The van der Waals surface area contributed by atoms with Crippen LogP contribution < -0.4 is 10.1 Å². The zero-order chi connectivity index (χ0) is 17.1. The number of rotatable bonds is 5. The Kier molecular flexibility index (Phi) is 5.07. The van der Waals surface area contributed by atoms with Gasteiger partial charge in [-0.1, -0.05) is 42.8 Å². The molecule has 0 aliphatic rings. The first-order valence-corrected chi connectivity index (χ1v) is 8.94. The highest BCUT2D eigenvalue weighted by Crippen LogP contribution is 2.38. The maximum absolute atomic E-state index is 12.6. The van der Waals surface area contributed by atoms with E-state index in [0.29, 0.717) is 22.2 Å². The van der Waals surface area contributed by atoms with Crippen LogP contribution in [-0.4, -0.2) is 13.0 Å². The third-order valence-corrected chi connectivity index (χ3v) is 5.29. The van der Waals surface area contributed by atoms with Crippen LogP contribution in [0.15, 0.2) is 42.5 Å². The van der Waals surface area contributed by atoms with Crippen molar-refractivity contribution in [1.29, 1.82) is 0 Å². The number of thiophene rings is 1. The molecule has 3 nitrogen and oxygen atoms in total. The number of amides is 1. The van der Waals surface area contributed by atoms with Crippen molar-refractivity contribution < 1.29 is 9.53 Å². The lowest BCUT2D eigenvalue weighted by molar-refractivity contribution is 0.0952. The molecule has 3 aromatic rings. The third-order valence-electron chi connectivity index (χ3n) is 3.90. The second-order valence-corrected chi connectivity index (χ2v) is 6.95. The fourth-order valence-corrected chi connectivity index (χ4v) is 3.80. The second kappa shape index (κ2) is 7.24. The standard InChI is InChI=1S/C19H18ClNO2S/c1-3-12-4-6-13(7-5-12)11-21-19(22)18-17(23-2)15-10-14(20)8-9-16(15)24-18/h4-10H,3,11H2,1-2H3,(H,21,22). The van der Waals surface area contributed by atoms with Gasteiger partial charge in [0.1, 0.15) is 10.6 Å². The Morgan fingerprint density at radius 1 is 1.17 bits per heavy atom. The zero-order valence-electron chi connectivity index (χ0n) is 13.6. The van der Waals surface area contributed by atoms with Gasteiger partial charge in [0.15, 0.2) is 0 Å². The highest BCUT2D eigenvalue weighted by atomic mass is 35.5. The summed E-state index contributed by atoms with van der Waals surface area (Å²) in [6, 6.07) is 13.8. The van der Waals surface area contributed by atoms with Crippen LogP contribution in [0.25, 0.3) is 10.1 Å². The van der Waals surface area contributed by atoms with Gasteiger partial charge < -0.3 is 10.1 Å². The van der Waals surface area contributed by atoms with Crippen LogP contribution in [-0.2, 0) is 13.0 Å². The molecule has 124 valence electrons. The fourth-order valence-electron chi connectivity index (χ4n) is 2.55. The number of nitrogens with one attached hydrogen (secondary N) is 1. The molecule has 2 aromatic carbocycles. The van der Waals surface area contributed by atoms with Crippen molar-refractivity contribution in [3.8, 4) is 5.75 Å². The molecule has 0 bridgehead atoms. The van der Waals surface area contributed by atoms with E-state index in [1.54, 1.807) is 7.11 Å². The van der Waals surface area contributed by atoms with Crippen molar-refractivity contribution in [3.05, 3.63) is 63.5 Å². The number of aryl methyl sites for hydroxylation is 1. The molecule has 0 atom stereocenters. The number of hydrogen-bond donors (Lipinski definition) is 1. The van der Waals surface area contributed by atoms with Gasteiger partial charge in [-0.3, -0.25) is 4.79 Å². The summed E-state index contributed by atoms with van der Waals surface area (Å²) in [5.74, 6) is 0.445. The largest absolute Gasteiger partial charge is 0.494 e. The highest BCUT2D eigenvalue weighted by molar-refractivity contribution is 7.21. The van der Waals surface area contributed by atoms with E-state index in [1.807, 2.05) is 30.3 Å². The van der Waals surface area contributed by atoms with Gasteiger partial charge in [0, 0.05) is 21.7 Å². The minimum absolute atomic E-state index is 0.135. The molecule has 0 saturated carbocycles. The van der Waals surface area contributed by atoms with Crippen LogP contribution in [0.4, 0.5) is 0 Å². The molecule has 0 aliphatic carbocycles. The van der Waals surface area contributed by atoms with Crippen LogP contribution in [0.3, 0.4) is 0 Å². The fraction of sp³-hybridized carbons (Fsp3) is 0.211. The lowest BCUT2D eigenvalue weighted by Gasteiger charge is -2.07. The number of carbonyl (C=O) groups is 1. The van der Waals surface area contributed by atoms with E-state index in [1.165, 1.54) is 16.9 Å². The summed E-state index contributed by atoms with van der Waals surface area (Å²) in [4.78, 5) is 13.1. The molecule has 0 saturated heterocycles. The van der Waals surface area contributed by atoms with Crippen LogP contribution in [0.5, 0.6) is 5.75 Å². The molecule has 0 radical (unpaired) electrons. The predicted octanol–water partition coefficient (Wildman–Crippen LogP) is 5.06.